The van der Waals surface area contributed by atoms with E-state index in [0.717, 1.165) is 0 Å². The van der Waals surface area contributed by atoms with E-state index in [9.17, 15) is 9.59 Å². The maximum Gasteiger partial charge on any atom is 0.243 e. The first-order valence-electron chi connectivity index (χ1n) is 4.97. The number of rotatable bonds is 6. The van der Waals surface area contributed by atoms with Crippen molar-refractivity contribution in [2.75, 3.05) is 6.54 Å². The van der Waals surface area contributed by atoms with Crippen LogP contribution in [0.25, 0.3) is 0 Å². The van der Waals surface area contributed by atoms with E-state index in [1.54, 1.807) is 6.08 Å². The maximum atomic E-state index is 11.0. The molecule has 1 atom stereocenters. The van der Waals surface area contributed by atoms with Gasteiger partial charge in [-0.2, -0.15) is 0 Å². The Morgan fingerprint density at radius 2 is 2.07 bits per heavy atom. The lowest BCUT2D eigenvalue weighted by atomic mass is 10.2. The zero-order valence-electron chi connectivity index (χ0n) is 9.25. The molecule has 0 bridgehead atoms. The molecule has 0 aromatic heterocycles. The second-order valence-corrected chi connectivity index (χ2v) is 3.15. The Morgan fingerprint density at radius 1 is 1.40 bits per heavy atom. The molecule has 15 heavy (non-hydrogen) atoms. The topological polar surface area (TPSA) is 58.2 Å². The standard InChI is InChI=1S/C11H18N2O2/c1-4-10(14)13-9(3)7-6-8-11(15)12-5-2/h4,6,8-9H,1,5,7H2,2-3H3,(H,12,15)(H,13,14)/b8-6+. The van der Waals surface area contributed by atoms with Gasteiger partial charge in [0.05, 0.1) is 0 Å². The second-order valence-electron chi connectivity index (χ2n) is 3.15. The Bertz CT molecular complexity index is 259. The third kappa shape index (κ3) is 7.49. The summed E-state index contributed by atoms with van der Waals surface area (Å²) in [6.45, 7) is 7.69. The third-order valence-electron chi connectivity index (χ3n) is 1.68. The Hall–Kier alpha value is -1.58. The van der Waals surface area contributed by atoms with Crippen LogP contribution in [0.4, 0.5) is 0 Å². The Kier molecular flexibility index (Phi) is 6.97. The molecular formula is C11H18N2O2. The molecule has 4 nitrogen and oxygen atoms in total. The van der Waals surface area contributed by atoms with Crippen LogP contribution in [0.5, 0.6) is 0 Å². The van der Waals surface area contributed by atoms with Crippen LogP contribution in [0.15, 0.2) is 24.8 Å². The van der Waals surface area contributed by atoms with Gasteiger partial charge in [0.2, 0.25) is 11.8 Å². The summed E-state index contributed by atoms with van der Waals surface area (Å²) < 4.78 is 0. The van der Waals surface area contributed by atoms with E-state index >= 15 is 0 Å². The van der Waals surface area contributed by atoms with Crippen LogP contribution in [-0.2, 0) is 9.59 Å². The molecule has 1 unspecified atom stereocenters. The van der Waals surface area contributed by atoms with Crippen LogP contribution in [0, 0.1) is 0 Å². The van der Waals surface area contributed by atoms with Crippen molar-refractivity contribution in [3.8, 4) is 0 Å². The van der Waals surface area contributed by atoms with Crippen LogP contribution in [0.2, 0.25) is 0 Å². The maximum absolute atomic E-state index is 11.0. The lowest BCUT2D eigenvalue weighted by molar-refractivity contribution is -0.117. The van der Waals surface area contributed by atoms with Crippen LogP contribution < -0.4 is 10.6 Å². The summed E-state index contributed by atoms with van der Waals surface area (Å²) in [5.41, 5.74) is 0. The van der Waals surface area contributed by atoms with Crippen LogP contribution >= 0.6 is 0 Å². The van der Waals surface area contributed by atoms with Gasteiger partial charge in [0.15, 0.2) is 0 Å². The highest BCUT2D eigenvalue weighted by atomic mass is 16.2. The molecule has 0 aromatic carbocycles. The van der Waals surface area contributed by atoms with Crippen molar-refractivity contribution in [3.63, 3.8) is 0 Å². The molecule has 0 rings (SSSR count). The van der Waals surface area contributed by atoms with E-state index < -0.39 is 0 Å². The fourth-order valence-corrected chi connectivity index (χ4v) is 0.973. The SMILES string of the molecule is C=CC(=O)NC(C)C/C=C/C(=O)NCC. The van der Waals surface area contributed by atoms with Crippen molar-refractivity contribution in [1.29, 1.82) is 0 Å². The van der Waals surface area contributed by atoms with Gasteiger partial charge in [-0.3, -0.25) is 9.59 Å². The predicted molar refractivity (Wildman–Crippen MR) is 60.2 cm³/mol. The predicted octanol–water partition coefficient (Wildman–Crippen LogP) is 0.759. The van der Waals surface area contributed by atoms with Gasteiger partial charge in [0.1, 0.15) is 0 Å². The largest absolute Gasteiger partial charge is 0.353 e. The smallest absolute Gasteiger partial charge is 0.243 e. The quantitative estimate of drug-likeness (QED) is 0.636. The fourth-order valence-electron chi connectivity index (χ4n) is 0.973. The minimum atomic E-state index is -0.200. The van der Waals surface area contributed by atoms with Crippen LogP contribution in [-0.4, -0.2) is 24.4 Å². The summed E-state index contributed by atoms with van der Waals surface area (Å²) >= 11 is 0. The molecule has 0 aromatic rings. The molecule has 0 aliphatic rings. The first-order valence-corrected chi connectivity index (χ1v) is 4.97. The molecule has 0 radical (unpaired) electrons. The van der Waals surface area contributed by atoms with Crippen LogP contribution in [0.1, 0.15) is 20.3 Å². The summed E-state index contributed by atoms with van der Waals surface area (Å²) in [4.78, 5) is 21.9. The molecule has 84 valence electrons. The first-order chi connectivity index (χ1) is 7.10. The summed E-state index contributed by atoms with van der Waals surface area (Å²) in [7, 11) is 0. The van der Waals surface area contributed by atoms with Crippen LogP contribution in [0.3, 0.4) is 0 Å². The van der Waals surface area contributed by atoms with Crippen molar-refractivity contribution >= 4 is 11.8 Å². The van der Waals surface area contributed by atoms with Crippen molar-refractivity contribution in [1.82, 2.24) is 10.6 Å². The van der Waals surface area contributed by atoms with E-state index in [0.29, 0.717) is 13.0 Å². The molecule has 2 amide bonds. The number of amides is 2. The van der Waals surface area contributed by atoms with Gasteiger partial charge in [-0.05, 0) is 32.4 Å². The van der Waals surface area contributed by atoms with Crippen molar-refractivity contribution in [2.45, 2.75) is 26.3 Å². The molecule has 0 saturated carbocycles. The number of carbonyl (C=O) groups excluding carboxylic acids is 2. The van der Waals surface area contributed by atoms with Gasteiger partial charge in [-0.1, -0.05) is 12.7 Å². The van der Waals surface area contributed by atoms with Gasteiger partial charge >= 0.3 is 0 Å². The molecular weight excluding hydrogens is 192 g/mol. The zero-order chi connectivity index (χ0) is 11.7. The van der Waals surface area contributed by atoms with E-state index in [4.69, 9.17) is 0 Å². The van der Waals surface area contributed by atoms with E-state index in [1.165, 1.54) is 12.2 Å². The summed E-state index contributed by atoms with van der Waals surface area (Å²) in [5.74, 6) is -0.311. The van der Waals surface area contributed by atoms with Gasteiger partial charge in [-0.15, -0.1) is 0 Å². The van der Waals surface area contributed by atoms with Crippen molar-refractivity contribution < 1.29 is 9.59 Å². The number of nitrogens with one attached hydrogen (secondary N) is 2. The highest BCUT2D eigenvalue weighted by molar-refractivity contribution is 5.87. The summed E-state index contributed by atoms with van der Waals surface area (Å²) in [6, 6.07) is 0.00109. The number of likely N-dealkylation sites (N-methyl/N-ethyl adjacent to an activating group) is 1. The normalized spacial score (nSPS) is 12.1. The molecule has 4 heteroatoms. The van der Waals surface area contributed by atoms with Crippen molar-refractivity contribution in [2.24, 2.45) is 0 Å². The van der Waals surface area contributed by atoms with E-state index in [-0.39, 0.29) is 17.9 Å². The third-order valence-corrected chi connectivity index (χ3v) is 1.68. The molecule has 0 fully saturated rings. The molecule has 0 aliphatic heterocycles. The summed E-state index contributed by atoms with van der Waals surface area (Å²) in [6.07, 6.45) is 5.06. The number of carbonyl (C=O) groups is 2. The summed E-state index contributed by atoms with van der Waals surface area (Å²) in [5, 5.41) is 5.34. The average molecular weight is 210 g/mol. The molecule has 0 spiro atoms. The molecule has 0 saturated heterocycles. The second kappa shape index (κ2) is 7.79. The highest BCUT2D eigenvalue weighted by Gasteiger charge is 2.01. The highest BCUT2D eigenvalue weighted by Crippen LogP contribution is 1.92. The monoisotopic (exact) mass is 210 g/mol. The fraction of sp³-hybridized carbons (Fsp3) is 0.455. The average Bonchev–Trinajstić information content (AvgIpc) is 2.18. The van der Waals surface area contributed by atoms with Gasteiger partial charge < -0.3 is 10.6 Å². The minimum Gasteiger partial charge on any atom is -0.353 e. The minimum absolute atomic E-state index is 0.00109. The number of hydrogen-bond acceptors (Lipinski definition) is 2. The molecule has 2 N–H and O–H groups in total. The zero-order valence-corrected chi connectivity index (χ0v) is 9.25. The molecule has 0 heterocycles. The molecule has 0 aliphatic carbocycles. The van der Waals surface area contributed by atoms with Gasteiger partial charge in [0, 0.05) is 12.6 Å². The first kappa shape index (κ1) is 13.4. The lowest BCUT2D eigenvalue weighted by Gasteiger charge is -2.08. The van der Waals surface area contributed by atoms with Gasteiger partial charge in [-0.25, -0.2) is 0 Å². The lowest BCUT2D eigenvalue weighted by Crippen LogP contribution is -2.30. The van der Waals surface area contributed by atoms with E-state index in [1.807, 2.05) is 13.8 Å². The Morgan fingerprint density at radius 3 is 2.60 bits per heavy atom. The Labute approximate surface area is 90.4 Å². The van der Waals surface area contributed by atoms with Gasteiger partial charge in [0.25, 0.3) is 0 Å². The van der Waals surface area contributed by atoms with E-state index in [2.05, 4.69) is 17.2 Å². The Balaban J connectivity index is 3.79. The number of hydrogen-bond donors (Lipinski definition) is 2. The van der Waals surface area contributed by atoms with Crippen molar-refractivity contribution in [3.05, 3.63) is 24.8 Å².